The van der Waals surface area contributed by atoms with E-state index in [1.165, 1.54) is 0 Å². The highest BCUT2D eigenvalue weighted by Crippen LogP contribution is 2.37. The molecule has 0 unspecified atom stereocenters. The van der Waals surface area contributed by atoms with Crippen LogP contribution in [0.2, 0.25) is 0 Å². The zero-order valence-electron chi connectivity index (χ0n) is 18.0. The lowest BCUT2D eigenvalue weighted by Gasteiger charge is -2.50. The van der Waals surface area contributed by atoms with Crippen molar-refractivity contribution in [1.82, 2.24) is 10.2 Å². The van der Waals surface area contributed by atoms with Crippen molar-refractivity contribution in [3.63, 3.8) is 0 Å². The molecule has 0 spiro atoms. The van der Waals surface area contributed by atoms with Crippen molar-refractivity contribution in [3.8, 4) is 0 Å². The Hall–Kier alpha value is -2.76. The molecule has 0 aliphatic carbocycles. The van der Waals surface area contributed by atoms with Crippen LogP contribution in [0.4, 0.5) is 9.59 Å². The van der Waals surface area contributed by atoms with Crippen molar-refractivity contribution in [1.29, 1.82) is 0 Å². The fourth-order valence-electron chi connectivity index (χ4n) is 3.52. The Morgan fingerprint density at radius 1 is 0.897 bits per heavy atom. The quantitative estimate of drug-likeness (QED) is 0.788. The van der Waals surface area contributed by atoms with Gasteiger partial charge in [0.25, 0.3) is 0 Å². The van der Waals surface area contributed by atoms with E-state index in [9.17, 15) is 9.59 Å². The predicted molar refractivity (Wildman–Crippen MR) is 113 cm³/mol. The van der Waals surface area contributed by atoms with Crippen LogP contribution in [0.15, 0.2) is 42.5 Å². The molecule has 0 atom stereocenters. The zero-order valence-corrected chi connectivity index (χ0v) is 18.0. The van der Waals surface area contributed by atoms with E-state index in [0.717, 1.165) is 16.3 Å². The number of carbonyl (C=O) groups is 2. The smallest absolute Gasteiger partial charge is 0.410 e. The van der Waals surface area contributed by atoms with E-state index < -0.39 is 22.8 Å². The van der Waals surface area contributed by atoms with E-state index in [0.29, 0.717) is 13.1 Å². The van der Waals surface area contributed by atoms with Crippen LogP contribution in [0.1, 0.15) is 47.1 Å². The zero-order chi connectivity index (χ0) is 21.4. The summed E-state index contributed by atoms with van der Waals surface area (Å²) in [5.41, 5.74) is -0.965. The minimum atomic E-state index is -0.736. The van der Waals surface area contributed by atoms with Gasteiger partial charge in [-0.15, -0.1) is 0 Å². The Kier molecular flexibility index (Phi) is 5.24. The fraction of sp³-hybridized carbons (Fsp3) is 0.478. The highest BCUT2D eigenvalue weighted by Gasteiger charge is 2.50. The SMILES string of the molecule is CC(C)(C)OC(=O)NC1(c2cccc3ccccc23)CN(C(=O)OC(C)(C)C)C1. The molecule has 2 aromatic rings. The number of ether oxygens (including phenoxy) is 2. The van der Waals surface area contributed by atoms with Crippen LogP contribution in [0.5, 0.6) is 0 Å². The summed E-state index contributed by atoms with van der Waals surface area (Å²) >= 11 is 0. The summed E-state index contributed by atoms with van der Waals surface area (Å²) < 4.78 is 11.0. The maximum Gasteiger partial charge on any atom is 0.410 e. The summed E-state index contributed by atoms with van der Waals surface area (Å²) in [4.78, 5) is 26.7. The van der Waals surface area contributed by atoms with Gasteiger partial charge >= 0.3 is 12.2 Å². The van der Waals surface area contributed by atoms with Gasteiger partial charge in [-0.05, 0) is 57.9 Å². The molecule has 0 saturated carbocycles. The van der Waals surface area contributed by atoms with E-state index in [1.54, 1.807) is 4.90 Å². The number of nitrogens with one attached hydrogen (secondary N) is 1. The van der Waals surface area contributed by atoms with E-state index in [1.807, 2.05) is 84.0 Å². The van der Waals surface area contributed by atoms with E-state index >= 15 is 0 Å². The average molecular weight is 399 g/mol. The largest absolute Gasteiger partial charge is 0.444 e. The Morgan fingerprint density at radius 3 is 2.10 bits per heavy atom. The van der Waals surface area contributed by atoms with Crippen molar-refractivity contribution in [2.75, 3.05) is 13.1 Å². The molecule has 1 N–H and O–H groups in total. The van der Waals surface area contributed by atoms with Crippen LogP contribution in [-0.2, 0) is 15.0 Å². The highest BCUT2D eigenvalue weighted by atomic mass is 16.6. The molecular formula is C23H30N2O4. The molecule has 0 aromatic heterocycles. The van der Waals surface area contributed by atoms with Crippen LogP contribution in [0, 0.1) is 0 Å². The molecule has 1 heterocycles. The topological polar surface area (TPSA) is 67.9 Å². The van der Waals surface area contributed by atoms with Crippen LogP contribution in [0.25, 0.3) is 10.8 Å². The molecule has 3 rings (SSSR count). The second kappa shape index (κ2) is 7.25. The predicted octanol–water partition coefficient (Wildman–Crippen LogP) is 4.81. The van der Waals surface area contributed by atoms with Crippen LogP contribution < -0.4 is 5.32 Å². The Labute approximate surface area is 172 Å². The van der Waals surface area contributed by atoms with Gasteiger partial charge in [0.2, 0.25) is 0 Å². The van der Waals surface area contributed by atoms with Gasteiger partial charge in [0, 0.05) is 0 Å². The molecule has 1 aliphatic rings. The first kappa shape index (κ1) is 21.0. The van der Waals surface area contributed by atoms with Crippen LogP contribution >= 0.6 is 0 Å². The molecular weight excluding hydrogens is 368 g/mol. The third-order valence-corrected chi connectivity index (χ3v) is 4.62. The molecule has 0 bridgehead atoms. The minimum absolute atomic E-state index is 0.315. The number of fused-ring (bicyclic) bond motifs is 1. The summed E-state index contributed by atoms with van der Waals surface area (Å²) in [6.07, 6.45) is -0.895. The first-order valence-electron chi connectivity index (χ1n) is 9.86. The van der Waals surface area contributed by atoms with Crippen molar-refractivity contribution < 1.29 is 19.1 Å². The maximum atomic E-state index is 12.6. The van der Waals surface area contributed by atoms with Gasteiger partial charge in [0.05, 0.1) is 13.1 Å². The second-order valence-corrected chi connectivity index (χ2v) is 9.57. The third-order valence-electron chi connectivity index (χ3n) is 4.62. The lowest BCUT2D eigenvalue weighted by molar-refractivity contribution is -0.0226. The van der Waals surface area contributed by atoms with Crippen LogP contribution in [0.3, 0.4) is 0 Å². The number of hydrogen-bond acceptors (Lipinski definition) is 4. The average Bonchev–Trinajstić information content (AvgIpc) is 2.54. The van der Waals surface area contributed by atoms with Crippen molar-refractivity contribution in [2.45, 2.75) is 58.3 Å². The molecule has 29 heavy (non-hydrogen) atoms. The Balaban J connectivity index is 1.92. The van der Waals surface area contributed by atoms with Gasteiger partial charge < -0.3 is 19.7 Å². The highest BCUT2D eigenvalue weighted by molar-refractivity contribution is 5.88. The first-order chi connectivity index (χ1) is 13.4. The summed E-state index contributed by atoms with van der Waals surface area (Å²) in [6.45, 7) is 11.6. The molecule has 1 saturated heterocycles. The second-order valence-electron chi connectivity index (χ2n) is 9.57. The summed E-state index contributed by atoms with van der Waals surface area (Å²) in [5.74, 6) is 0. The molecule has 2 amide bonds. The number of nitrogens with zero attached hydrogens (tertiary/aromatic N) is 1. The summed E-state index contributed by atoms with van der Waals surface area (Å²) in [5, 5.41) is 5.14. The summed E-state index contributed by atoms with van der Waals surface area (Å²) in [7, 11) is 0. The molecule has 156 valence electrons. The van der Waals surface area contributed by atoms with E-state index in [2.05, 4.69) is 5.32 Å². The molecule has 1 aliphatic heterocycles. The maximum absolute atomic E-state index is 12.6. The number of amides is 2. The number of alkyl carbamates (subject to hydrolysis) is 1. The Bertz CT molecular complexity index is 913. The van der Waals surface area contributed by atoms with Gasteiger partial charge in [-0.25, -0.2) is 9.59 Å². The molecule has 6 nitrogen and oxygen atoms in total. The first-order valence-corrected chi connectivity index (χ1v) is 9.86. The standard InChI is InChI=1S/C23H30N2O4/c1-21(2,3)28-19(26)24-23(14-25(15-23)20(27)29-22(4,5)6)18-13-9-11-16-10-7-8-12-17(16)18/h7-13H,14-15H2,1-6H3,(H,24,26). The lowest BCUT2D eigenvalue weighted by atomic mass is 9.80. The van der Waals surface area contributed by atoms with Gasteiger partial charge in [0.15, 0.2) is 0 Å². The van der Waals surface area contributed by atoms with Gasteiger partial charge in [-0.1, -0.05) is 42.5 Å². The summed E-state index contributed by atoms with van der Waals surface area (Å²) in [6, 6.07) is 14.0. The number of benzene rings is 2. The third kappa shape index (κ3) is 4.81. The molecule has 6 heteroatoms. The van der Waals surface area contributed by atoms with Crippen molar-refractivity contribution >= 4 is 23.0 Å². The fourth-order valence-corrected chi connectivity index (χ4v) is 3.52. The van der Waals surface area contributed by atoms with Gasteiger partial charge in [-0.3, -0.25) is 0 Å². The normalized spacial score (nSPS) is 16.1. The molecule has 0 radical (unpaired) electrons. The Morgan fingerprint density at radius 2 is 1.48 bits per heavy atom. The van der Waals surface area contributed by atoms with E-state index in [4.69, 9.17) is 9.47 Å². The van der Waals surface area contributed by atoms with Gasteiger partial charge in [-0.2, -0.15) is 0 Å². The number of likely N-dealkylation sites (tertiary alicyclic amines) is 1. The molecule has 1 fully saturated rings. The van der Waals surface area contributed by atoms with E-state index in [-0.39, 0.29) is 6.09 Å². The van der Waals surface area contributed by atoms with Crippen LogP contribution in [-0.4, -0.2) is 41.4 Å². The van der Waals surface area contributed by atoms with Crippen molar-refractivity contribution in [3.05, 3.63) is 48.0 Å². The lowest BCUT2D eigenvalue weighted by Crippen LogP contribution is -2.69. The minimum Gasteiger partial charge on any atom is -0.444 e. The van der Waals surface area contributed by atoms with Gasteiger partial charge in [0.1, 0.15) is 16.7 Å². The van der Waals surface area contributed by atoms with Crippen molar-refractivity contribution in [2.24, 2.45) is 0 Å². The number of rotatable bonds is 2. The monoisotopic (exact) mass is 398 g/mol. The number of carbonyl (C=O) groups excluding carboxylic acids is 2. The molecule has 2 aromatic carbocycles. The number of hydrogen-bond donors (Lipinski definition) is 1.